The number of oxazole rings is 1. The molecule has 0 fully saturated rings. The van der Waals surface area contributed by atoms with Crippen molar-refractivity contribution in [3.05, 3.63) is 72.9 Å². The van der Waals surface area contributed by atoms with Gasteiger partial charge >= 0.3 is 5.22 Å². The number of nitrogens with zero attached hydrogens (tertiary/aromatic N) is 2. The molecule has 23 heavy (non-hydrogen) atoms. The number of pyridine rings is 1. The van der Waals surface area contributed by atoms with Crippen LogP contribution in [0.3, 0.4) is 0 Å². The largest absolute Gasteiger partial charge is 0.603 e. The van der Waals surface area contributed by atoms with Crippen LogP contribution in [0.15, 0.2) is 87.5 Å². The first kappa shape index (κ1) is 14.0. The Bertz CT molecular complexity index is 920. The van der Waals surface area contributed by atoms with Gasteiger partial charge in [0, 0.05) is 6.20 Å². The van der Waals surface area contributed by atoms with E-state index in [-0.39, 0.29) is 5.22 Å². The van der Waals surface area contributed by atoms with E-state index in [1.807, 2.05) is 66.7 Å². The van der Waals surface area contributed by atoms with Gasteiger partial charge in [0.2, 0.25) is 0 Å². The third kappa shape index (κ3) is 2.60. The van der Waals surface area contributed by atoms with Gasteiger partial charge in [0.15, 0.2) is 10.5 Å². The van der Waals surface area contributed by atoms with Crippen LogP contribution in [0, 0.1) is 0 Å². The van der Waals surface area contributed by atoms with Crippen molar-refractivity contribution in [1.29, 1.82) is 0 Å². The molecule has 0 aliphatic heterocycles. The highest BCUT2D eigenvalue weighted by atomic mass is 32.2. The molecule has 0 saturated carbocycles. The summed E-state index contributed by atoms with van der Waals surface area (Å²) in [6, 6.07) is 20.5. The van der Waals surface area contributed by atoms with Crippen LogP contribution in [0.1, 0.15) is 0 Å². The number of aromatic nitrogens is 2. The summed E-state index contributed by atoms with van der Waals surface area (Å²) in [7, 11) is 0. The molecule has 5 heteroatoms. The number of rotatable bonds is 3. The van der Waals surface area contributed by atoms with E-state index in [9.17, 15) is 4.55 Å². The van der Waals surface area contributed by atoms with Crippen molar-refractivity contribution >= 4 is 22.3 Å². The van der Waals surface area contributed by atoms with E-state index < -0.39 is 11.2 Å². The number of benzene rings is 2. The zero-order valence-corrected chi connectivity index (χ0v) is 12.9. The summed E-state index contributed by atoms with van der Waals surface area (Å²) in [6.45, 7) is 0. The van der Waals surface area contributed by atoms with Gasteiger partial charge in [-0.3, -0.25) is 4.98 Å². The molecular formula is C18H12N2O2S. The maximum absolute atomic E-state index is 12.9. The Kier molecular flexibility index (Phi) is 3.57. The number of hydrogen-bond acceptors (Lipinski definition) is 4. The molecular weight excluding hydrogens is 308 g/mol. The van der Waals surface area contributed by atoms with Crippen LogP contribution in [0.2, 0.25) is 0 Å². The molecule has 0 aliphatic carbocycles. The molecule has 4 nitrogen and oxygen atoms in total. The summed E-state index contributed by atoms with van der Waals surface area (Å²) in [5.74, 6) is 0. The molecule has 0 N–H and O–H groups in total. The highest BCUT2D eigenvalue weighted by molar-refractivity contribution is 7.91. The molecule has 112 valence electrons. The number of hydrogen-bond donors (Lipinski definition) is 0. The van der Waals surface area contributed by atoms with Crippen LogP contribution in [0.5, 0.6) is 0 Å². The van der Waals surface area contributed by atoms with Gasteiger partial charge in [-0.05, 0) is 36.4 Å². The van der Waals surface area contributed by atoms with Crippen LogP contribution in [0.4, 0.5) is 0 Å². The van der Waals surface area contributed by atoms with Crippen LogP contribution < -0.4 is 0 Å². The van der Waals surface area contributed by atoms with Crippen LogP contribution >= 0.6 is 0 Å². The maximum Gasteiger partial charge on any atom is 0.422 e. The fourth-order valence-electron chi connectivity index (χ4n) is 2.39. The van der Waals surface area contributed by atoms with Crippen LogP contribution in [-0.4, -0.2) is 14.5 Å². The molecule has 2 aromatic carbocycles. The Morgan fingerprint density at radius 1 is 0.870 bits per heavy atom. The smallest absolute Gasteiger partial charge is 0.422 e. The van der Waals surface area contributed by atoms with Crippen molar-refractivity contribution in [2.45, 2.75) is 10.1 Å². The second-order valence-corrected chi connectivity index (χ2v) is 6.25. The SMILES string of the molecule is [O-][S+](c1nc2ccccc2o1)c1ccccc1-c1ccccn1. The topological polar surface area (TPSA) is 62.0 Å². The van der Waals surface area contributed by atoms with Gasteiger partial charge in [0.25, 0.3) is 0 Å². The lowest BCUT2D eigenvalue weighted by molar-refractivity contribution is 0.458. The fraction of sp³-hybridized carbons (Fsp3) is 0. The standard InChI is InChI=1S/C18H12N2O2S/c21-23(18-20-15-9-2-3-10-16(15)22-18)17-11-4-1-7-13(17)14-8-5-6-12-19-14/h1-12H. The molecule has 1 unspecified atom stereocenters. The first-order valence-electron chi connectivity index (χ1n) is 7.11. The van der Waals surface area contributed by atoms with Crippen molar-refractivity contribution in [3.63, 3.8) is 0 Å². The summed E-state index contributed by atoms with van der Waals surface area (Å²) >= 11 is -1.51. The fourth-order valence-corrected chi connectivity index (χ4v) is 3.50. The van der Waals surface area contributed by atoms with E-state index in [4.69, 9.17) is 4.42 Å². The number of fused-ring (bicyclic) bond motifs is 1. The van der Waals surface area contributed by atoms with Gasteiger partial charge in [-0.2, -0.15) is 4.98 Å². The highest BCUT2D eigenvalue weighted by Crippen LogP contribution is 2.31. The second-order valence-electron chi connectivity index (χ2n) is 4.93. The molecule has 0 aliphatic rings. The second kappa shape index (κ2) is 5.87. The van der Waals surface area contributed by atoms with E-state index in [1.54, 1.807) is 6.20 Å². The molecule has 1 atom stereocenters. The van der Waals surface area contributed by atoms with Gasteiger partial charge in [-0.15, -0.1) is 0 Å². The van der Waals surface area contributed by atoms with Gasteiger partial charge in [-0.25, -0.2) is 0 Å². The normalized spacial score (nSPS) is 12.4. The molecule has 0 amide bonds. The van der Waals surface area contributed by atoms with Crippen molar-refractivity contribution in [2.75, 3.05) is 0 Å². The zero-order chi connectivity index (χ0) is 15.6. The predicted molar refractivity (Wildman–Crippen MR) is 88.4 cm³/mol. The van der Waals surface area contributed by atoms with E-state index in [2.05, 4.69) is 9.97 Å². The zero-order valence-electron chi connectivity index (χ0n) is 12.0. The average molecular weight is 320 g/mol. The van der Waals surface area contributed by atoms with Gasteiger partial charge in [0.1, 0.15) is 5.52 Å². The first-order chi connectivity index (χ1) is 11.3. The Balaban J connectivity index is 1.81. The lowest BCUT2D eigenvalue weighted by Gasteiger charge is -2.09. The van der Waals surface area contributed by atoms with E-state index in [1.165, 1.54) is 0 Å². The maximum atomic E-state index is 12.9. The van der Waals surface area contributed by atoms with E-state index in [0.717, 1.165) is 11.3 Å². The van der Waals surface area contributed by atoms with Crippen molar-refractivity contribution in [3.8, 4) is 11.3 Å². The Labute approximate surface area is 136 Å². The Hall–Kier alpha value is -2.63. The quantitative estimate of drug-likeness (QED) is 0.534. The third-order valence-corrected chi connectivity index (χ3v) is 4.71. The summed E-state index contributed by atoms with van der Waals surface area (Å²) in [5, 5.41) is 0.203. The summed E-state index contributed by atoms with van der Waals surface area (Å²) in [4.78, 5) is 9.32. The average Bonchev–Trinajstić information content (AvgIpc) is 3.06. The van der Waals surface area contributed by atoms with E-state index in [0.29, 0.717) is 16.0 Å². The summed E-state index contributed by atoms with van der Waals surface area (Å²) < 4.78 is 18.6. The van der Waals surface area contributed by atoms with Crippen molar-refractivity contribution in [1.82, 2.24) is 9.97 Å². The monoisotopic (exact) mass is 320 g/mol. The minimum atomic E-state index is -1.51. The van der Waals surface area contributed by atoms with Gasteiger partial charge in [-0.1, -0.05) is 30.3 Å². The van der Waals surface area contributed by atoms with Gasteiger partial charge < -0.3 is 8.97 Å². The van der Waals surface area contributed by atoms with E-state index >= 15 is 0 Å². The van der Waals surface area contributed by atoms with Crippen molar-refractivity contribution in [2.24, 2.45) is 0 Å². The molecule has 2 aromatic heterocycles. The third-order valence-electron chi connectivity index (χ3n) is 3.46. The lowest BCUT2D eigenvalue weighted by atomic mass is 10.1. The summed E-state index contributed by atoms with van der Waals surface area (Å²) in [6.07, 6.45) is 1.72. The van der Waals surface area contributed by atoms with Crippen molar-refractivity contribution < 1.29 is 8.97 Å². The Morgan fingerprint density at radius 2 is 1.65 bits per heavy atom. The first-order valence-corrected chi connectivity index (χ1v) is 8.26. The molecule has 2 heterocycles. The van der Waals surface area contributed by atoms with Gasteiger partial charge in [0.05, 0.1) is 22.4 Å². The minimum Gasteiger partial charge on any atom is -0.603 e. The Morgan fingerprint density at radius 3 is 2.48 bits per heavy atom. The number of para-hydroxylation sites is 2. The molecule has 4 rings (SSSR count). The molecule has 0 spiro atoms. The lowest BCUT2D eigenvalue weighted by Crippen LogP contribution is -2.04. The molecule has 0 bridgehead atoms. The highest BCUT2D eigenvalue weighted by Gasteiger charge is 2.26. The predicted octanol–water partition coefficient (Wildman–Crippen LogP) is 4.06. The molecule has 4 aromatic rings. The van der Waals surface area contributed by atoms with Crippen LogP contribution in [0.25, 0.3) is 22.4 Å². The summed E-state index contributed by atoms with van der Waals surface area (Å²) in [5.41, 5.74) is 2.92. The van der Waals surface area contributed by atoms with Crippen LogP contribution in [-0.2, 0) is 11.2 Å². The molecule has 0 saturated heterocycles. The minimum absolute atomic E-state index is 0.203. The molecule has 0 radical (unpaired) electrons.